The number of rotatable bonds is 5. The zero-order valence-electron chi connectivity index (χ0n) is 10.7. The average molecular weight is 311 g/mol. The van der Waals surface area contributed by atoms with Gasteiger partial charge in [-0.25, -0.2) is 18.2 Å². The van der Waals surface area contributed by atoms with Gasteiger partial charge in [-0.15, -0.1) is 11.3 Å². The Hall–Kier alpha value is -1.73. The minimum absolute atomic E-state index is 0.0287. The molecule has 1 aromatic heterocycles. The number of aromatic nitrogens is 1. The molecular weight excluding hydrogens is 298 g/mol. The van der Waals surface area contributed by atoms with Crippen molar-refractivity contribution in [2.24, 2.45) is 0 Å². The van der Waals surface area contributed by atoms with Crippen LogP contribution >= 0.6 is 11.3 Å². The van der Waals surface area contributed by atoms with E-state index in [-0.39, 0.29) is 16.2 Å². The zero-order valence-corrected chi connectivity index (χ0v) is 12.4. The molecule has 1 aromatic carbocycles. The second-order valence-electron chi connectivity index (χ2n) is 4.22. The first-order valence-corrected chi connectivity index (χ1v) is 8.49. The van der Waals surface area contributed by atoms with Crippen molar-refractivity contribution in [3.63, 3.8) is 0 Å². The van der Waals surface area contributed by atoms with Crippen molar-refractivity contribution in [2.45, 2.75) is 24.0 Å². The summed E-state index contributed by atoms with van der Waals surface area (Å²) in [6.07, 6.45) is 0.519. The third-order valence-electron chi connectivity index (χ3n) is 2.85. The van der Waals surface area contributed by atoms with Gasteiger partial charge in [-0.2, -0.15) is 0 Å². The van der Waals surface area contributed by atoms with Gasteiger partial charge in [0.25, 0.3) is 0 Å². The quantitative estimate of drug-likeness (QED) is 0.916. The summed E-state index contributed by atoms with van der Waals surface area (Å²) in [6.45, 7) is 1.83. The smallest absolute Gasteiger partial charge is 0.335 e. The predicted octanol–water partition coefficient (Wildman–Crippen LogP) is 2.38. The summed E-state index contributed by atoms with van der Waals surface area (Å²) in [5.74, 6) is -1.36. The third-order valence-corrected chi connectivity index (χ3v) is 5.21. The topological polar surface area (TPSA) is 84.3 Å². The SMILES string of the molecule is CCc1ccc(C(=O)O)cc1S(=O)(=O)Cc1cscn1. The molecule has 2 rings (SSSR count). The molecule has 0 amide bonds. The van der Waals surface area contributed by atoms with Crippen LogP contribution in [0.15, 0.2) is 34.0 Å². The maximum absolute atomic E-state index is 12.4. The number of carboxylic acids is 1. The number of hydrogen-bond acceptors (Lipinski definition) is 5. The van der Waals surface area contributed by atoms with Crippen LogP contribution in [0.3, 0.4) is 0 Å². The van der Waals surface area contributed by atoms with Crippen molar-refractivity contribution >= 4 is 27.1 Å². The van der Waals surface area contributed by atoms with E-state index < -0.39 is 15.8 Å². The Bertz CT molecular complexity index is 721. The van der Waals surface area contributed by atoms with Gasteiger partial charge in [0.2, 0.25) is 0 Å². The lowest BCUT2D eigenvalue weighted by molar-refractivity contribution is 0.0696. The monoisotopic (exact) mass is 311 g/mol. The summed E-state index contributed by atoms with van der Waals surface area (Å²) < 4.78 is 24.9. The molecule has 2 aromatic rings. The molecule has 0 spiro atoms. The standard InChI is InChI=1S/C13H13NO4S2/c1-2-9-3-4-10(13(15)16)5-12(9)20(17,18)7-11-6-19-8-14-11/h3-6,8H,2,7H2,1H3,(H,15,16). The maximum Gasteiger partial charge on any atom is 0.335 e. The Morgan fingerprint density at radius 3 is 2.70 bits per heavy atom. The van der Waals surface area contributed by atoms with Crippen LogP contribution in [0.4, 0.5) is 0 Å². The highest BCUT2D eigenvalue weighted by molar-refractivity contribution is 7.90. The lowest BCUT2D eigenvalue weighted by Gasteiger charge is -2.09. The van der Waals surface area contributed by atoms with Crippen LogP contribution in [-0.4, -0.2) is 24.5 Å². The van der Waals surface area contributed by atoms with E-state index >= 15 is 0 Å². The highest BCUT2D eigenvalue weighted by Gasteiger charge is 2.21. The lowest BCUT2D eigenvalue weighted by Crippen LogP contribution is -2.10. The van der Waals surface area contributed by atoms with Crippen molar-refractivity contribution in [1.82, 2.24) is 4.98 Å². The first-order valence-electron chi connectivity index (χ1n) is 5.90. The highest BCUT2D eigenvalue weighted by atomic mass is 32.2. The van der Waals surface area contributed by atoms with Gasteiger partial charge in [0.1, 0.15) is 0 Å². The van der Waals surface area contributed by atoms with Crippen LogP contribution in [0.5, 0.6) is 0 Å². The molecule has 106 valence electrons. The Balaban J connectivity index is 2.48. The van der Waals surface area contributed by atoms with Crippen LogP contribution in [0.25, 0.3) is 0 Å². The van der Waals surface area contributed by atoms with Crippen LogP contribution in [-0.2, 0) is 22.0 Å². The molecular formula is C13H13NO4S2. The fourth-order valence-electron chi connectivity index (χ4n) is 1.85. The number of aryl methyl sites for hydroxylation is 1. The predicted molar refractivity (Wildman–Crippen MR) is 75.8 cm³/mol. The van der Waals surface area contributed by atoms with Gasteiger partial charge in [-0.1, -0.05) is 13.0 Å². The van der Waals surface area contributed by atoms with E-state index in [4.69, 9.17) is 5.11 Å². The first-order chi connectivity index (χ1) is 9.44. The normalized spacial score (nSPS) is 11.4. The number of nitrogens with zero attached hydrogens (tertiary/aromatic N) is 1. The molecule has 0 aliphatic carbocycles. The number of hydrogen-bond donors (Lipinski definition) is 1. The Kier molecular flexibility index (Phi) is 4.20. The van der Waals surface area contributed by atoms with Crippen molar-refractivity contribution in [3.8, 4) is 0 Å². The van der Waals surface area contributed by atoms with E-state index in [0.717, 1.165) is 0 Å². The number of carboxylic acid groups (broad SMARTS) is 1. The molecule has 1 heterocycles. The Morgan fingerprint density at radius 1 is 1.40 bits per heavy atom. The number of carbonyl (C=O) groups is 1. The number of aromatic carboxylic acids is 1. The Labute approximate surface area is 120 Å². The van der Waals surface area contributed by atoms with Gasteiger partial charge in [0.05, 0.1) is 27.4 Å². The molecule has 5 nitrogen and oxygen atoms in total. The molecule has 0 saturated heterocycles. The van der Waals surface area contributed by atoms with E-state index in [9.17, 15) is 13.2 Å². The van der Waals surface area contributed by atoms with Crippen LogP contribution in [0.2, 0.25) is 0 Å². The van der Waals surface area contributed by atoms with E-state index in [1.54, 1.807) is 17.0 Å². The van der Waals surface area contributed by atoms with Crippen molar-refractivity contribution < 1.29 is 18.3 Å². The van der Waals surface area contributed by atoms with Gasteiger partial charge >= 0.3 is 5.97 Å². The largest absolute Gasteiger partial charge is 0.478 e. The molecule has 0 radical (unpaired) electrons. The minimum Gasteiger partial charge on any atom is -0.478 e. The van der Waals surface area contributed by atoms with E-state index in [0.29, 0.717) is 17.7 Å². The number of thiazole rings is 1. The Morgan fingerprint density at radius 2 is 2.15 bits per heavy atom. The summed E-state index contributed by atoms with van der Waals surface area (Å²) in [5, 5.41) is 10.7. The molecule has 0 fully saturated rings. The third kappa shape index (κ3) is 3.05. The van der Waals surface area contributed by atoms with Crippen LogP contribution in [0.1, 0.15) is 28.5 Å². The van der Waals surface area contributed by atoms with Crippen molar-refractivity contribution in [1.29, 1.82) is 0 Å². The molecule has 7 heteroatoms. The summed E-state index contributed by atoms with van der Waals surface area (Å²) in [4.78, 5) is 15.0. The molecule has 20 heavy (non-hydrogen) atoms. The first kappa shape index (κ1) is 14.7. The highest BCUT2D eigenvalue weighted by Crippen LogP contribution is 2.23. The van der Waals surface area contributed by atoms with E-state index in [2.05, 4.69) is 4.98 Å². The molecule has 1 N–H and O–H groups in total. The summed E-state index contributed by atoms with van der Waals surface area (Å²) in [5.41, 5.74) is 2.63. The summed E-state index contributed by atoms with van der Waals surface area (Å²) in [7, 11) is -3.60. The van der Waals surface area contributed by atoms with E-state index in [1.165, 1.54) is 23.5 Å². The summed E-state index contributed by atoms with van der Waals surface area (Å²) in [6, 6.07) is 4.20. The zero-order chi connectivity index (χ0) is 14.8. The van der Waals surface area contributed by atoms with Gasteiger partial charge in [-0.3, -0.25) is 0 Å². The summed E-state index contributed by atoms with van der Waals surface area (Å²) >= 11 is 1.32. The van der Waals surface area contributed by atoms with E-state index in [1.807, 2.05) is 6.92 Å². The van der Waals surface area contributed by atoms with Gasteiger partial charge < -0.3 is 5.11 Å². The maximum atomic E-state index is 12.4. The fraction of sp³-hybridized carbons (Fsp3) is 0.231. The molecule has 0 atom stereocenters. The molecule has 0 aliphatic heterocycles. The number of benzene rings is 1. The molecule has 0 bridgehead atoms. The minimum atomic E-state index is -3.60. The molecule has 0 saturated carbocycles. The fourth-order valence-corrected chi connectivity index (χ4v) is 4.14. The van der Waals surface area contributed by atoms with Gasteiger partial charge in [0, 0.05) is 5.38 Å². The second kappa shape index (κ2) is 5.72. The number of sulfone groups is 1. The van der Waals surface area contributed by atoms with Crippen molar-refractivity contribution in [3.05, 3.63) is 45.9 Å². The van der Waals surface area contributed by atoms with Crippen molar-refractivity contribution in [2.75, 3.05) is 0 Å². The lowest BCUT2D eigenvalue weighted by atomic mass is 10.1. The van der Waals surface area contributed by atoms with Gasteiger partial charge in [0.15, 0.2) is 9.84 Å². The second-order valence-corrected chi connectivity index (χ2v) is 6.90. The molecule has 0 unspecified atom stereocenters. The van der Waals surface area contributed by atoms with Crippen LogP contribution in [0, 0.1) is 0 Å². The average Bonchev–Trinajstić information content (AvgIpc) is 2.90. The molecule has 0 aliphatic rings. The van der Waals surface area contributed by atoms with Gasteiger partial charge in [-0.05, 0) is 24.1 Å². The van der Waals surface area contributed by atoms with Crippen LogP contribution < -0.4 is 0 Å².